The van der Waals surface area contributed by atoms with Crippen molar-refractivity contribution in [1.29, 1.82) is 0 Å². The average Bonchev–Trinajstić information content (AvgIpc) is 2.49. The van der Waals surface area contributed by atoms with Gasteiger partial charge in [-0.3, -0.25) is 0 Å². The van der Waals surface area contributed by atoms with Gasteiger partial charge in [-0.15, -0.1) is 0 Å². The van der Waals surface area contributed by atoms with E-state index in [1.807, 2.05) is 55.5 Å². The Morgan fingerprint density at radius 2 is 1.77 bits per heavy atom. The van der Waals surface area contributed by atoms with Gasteiger partial charge in [0.05, 0.1) is 12.9 Å². The summed E-state index contributed by atoms with van der Waals surface area (Å²) in [5, 5.41) is 0. The smallest absolute Gasteiger partial charge is 0.215 e. The van der Waals surface area contributed by atoms with Crippen LogP contribution in [0.15, 0.2) is 48.5 Å². The molecule has 0 aliphatic rings. The Bertz CT molecular complexity index is 709. The van der Waals surface area contributed by atoms with E-state index in [4.69, 9.17) is 4.74 Å². The maximum Gasteiger partial charge on any atom is 0.215 e. The average molecular weight is 319 g/mol. The first kappa shape index (κ1) is 16.5. The van der Waals surface area contributed by atoms with Gasteiger partial charge in [-0.1, -0.05) is 42.0 Å². The fourth-order valence-corrected chi connectivity index (χ4v) is 3.28. The van der Waals surface area contributed by atoms with Gasteiger partial charge >= 0.3 is 0 Å². The number of ether oxygens (including phenoxy) is 1. The molecule has 0 saturated carbocycles. The normalized spacial score (nSPS) is 11.4. The molecular weight excluding hydrogens is 298 g/mol. The topological polar surface area (TPSA) is 55.4 Å². The monoisotopic (exact) mass is 319 g/mol. The molecule has 0 atom stereocenters. The number of hydrogen-bond acceptors (Lipinski definition) is 3. The van der Waals surface area contributed by atoms with Gasteiger partial charge in [0.2, 0.25) is 10.0 Å². The molecule has 5 heteroatoms. The highest BCUT2D eigenvalue weighted by Crippen LogP contribution is 2.13. The molecule has 4 nitrogen and oxygen atoms in total. The summed E-state index contributed by atoms with van der Waals surface area (Å²) in [6.07, 6.45) is 0.629. The minimum Gasteiger partial charge on any atom is -0.497 e. The summed E-state index contributed by atoms with van der Waals surface area (Å²) in [6, 6.07) is 15.2. The quantitative estimate of drug-likeness (QED) is 0.853. The lowest BCUT2D eigenvalue weighted by molar-refractivity contribution is 0.414. The summed E-state index contributed by atoms with van der Waals surface area (Å²) in [6.45, 7) is 2.35. The van der Waals surface area contributed by atoms with Crippen LogP contribution in [0, 0.1) is 6.92 Å². The van der Waals surface area contributed by atoms with Gasteiger partial charge in [0.25, 0.3) is 0 Å². The highest BCUT2D eigenvalue weighted by Gasteiger charge is 2.10. The fourth-order valence-electron chi connectivity index (χ4n) is 2.13. The maximum atomic E-state index is 12.1. The Morgan fingerprint density at radius 3 is 2.45 bits per heavy atom. The lowest BCUT2D eigenvalue weighted by atomic mass is 10.1. The molecule has 0 bridgehead atoms. The third-order valence-electron chi connectivity index (χ3n) is 3.35. The SMILES string of the molecule is COc1cccc(CCNS(=O)(=O)Cc2ccc(C)cc2)c1. The number of benzene rings is 2. The van der Waals surface area contributed by atoms with Crippen LogP contribution in [0.25, 0.3) is 0 Å². The van der Waals surface area contributed by atoms with E-state index in [1.165, 1.54) is 0 Å². The first-order valence-electron chi connectivity index (χ1n) is 7.14. The number of methoxy groups -OCH3 is 1. The Morgan fingerprint density at radius 1 is 1.05 bits per heavy atom. The van der Waals surface area contributed by atoms with E-state index in [9.17, 15) is 8.42 Å². The van der Waals surface area contributed by atoms with Gasteiger partial charge in [-0.25, -0.2) is 13.1 Å². The molecule has 0 aromatic heterocycles. The summed E-state index contributed by atoms with van der Waals surface area (Å²) in [4.78, 5) is 0. The molecule has 0 aliphatic carbocycles. The van der Waals surface area contributed by atoms with Gasteiger partial charge in [-0.2, -0.15) is 0 Å². The third-order valence-corrected chi connectivity index (χ3v) is 4.70. The van der Waals surface area contributed by atoms with E-state index in [1.54, 1.807) is 7.11 Å². The van der Waals surface area contributed by atoms with E-state index in [-0.39, 0.29) is 5.75 Å². The lowest BCUT2D eigenvalue weighted by Crippen LogP contribution is -2.27. The highest BCUT2D eigenvalue weighted by atomic mass is 32.2. The Balaban J connectivity index is 1.88. The van der Waals surface area contributed by atoms with Crippen molar-refractivity contribution in [3.8, 4) is 5.75 Å². The number of aryl methyl sites for hydroxylation is 1. The minimum absolute atomic E-state index is 0.00535. The van der Waals surface area contributed by atoms with Crippen LogP contribution >= 0.6 is 0 Å². The van der Waals surface area contributed by atoms with Crippen molar-refractivity contribution in [2.75, 3.05) is 13.7 Å². The van der Waals surface area contributed by atoms with E-state index in [2.05, 4.69) is 4.72 Å². The minimum atomic E-state index is -3.31. The van der Waals surface area contributed by atoms with Crippen LogP contribution in [-0.4, -0.2) is 22.1 Å². The Hall–Kier alpha value is -1.85. The van der Waals surface area contributed by atoms with Crippen molar-refractivity contribution in [2.45, 2.75) is 19.1 Å². The number of rotatable bonds is 7. The molecule has 0 heterocycles. The predicted molar refractivity (Wildman–Crippen MR) is 88.5 cm³/mol. The zero-order valence-electron chi connectivity index (χ0n) is 12.9. The van der Waals surface area contributed by atoms with Crippen molar-refractivity contribution in [3.63, 3.8) is 0 Å². The van der Waals surface area contributed by atoms with E-state index in [0.29, 0.717) is 13.0 Å². The van der Waals surface area contributed by atoms with Crippen molar-refractivity contribution < 1.29 is 13.2 Å². The van der Waals surface area contributed by atoms with E-state index >= 15 is 0 Å². The van der Waals surface area contributed by atoms with Crippen LogP contribution in [0.3, 0.4) is 0 Å². The summed E-state index contributed by atoms with van der Waals surface area (Å²) < 4.78 is 31.9. The molecular formula is C17H21NO3S. The van der Waals surface area contributed by atoms with Crippen molar-refractivity contribution >= 4 is 10.0 Å². The number of hydrogen-bond donors (Lipinski definition) is 1. The summed E-state index contributed by atoms with van der Waals surface area (Å²) >= 11 is 0. The van der Waals surface area contributed by atoms with Crippen LogP contribution in [-0.2, 0) is 22.2 Å². The molecule has 0 spiro atoms. The standard InChI is InChI=1S/C17H21NO3S/c1-14-6-8-16(9-7-14)13-22(19,20)18-11-10-15-4-3-5-17(12-15)21-2/h3-9,12,18H,10-11,13H2,1-2H3. The molecule has 0 unspecified atom stereocenters. The van der Waals surface area contributed by atoms with E-state index in [0.717, 1.165) is 22.4 Å². The number of sulfonamides is 1. The highest BCUT2D eigenvalue weighted by molar-refractivity contribution is 7.88. The summed E-state index contributed by atoms with van der Waals surface area (Å²) in [5.74, 6) is 0.783. The second-order valence-corrected chi connectivity index (χ2v) is 7.05. The molecule has 1 N–H and O–H groups in total. The molecule has 0 saturated heterocycles. The fraction of sp³-hybridized carbons (Fsp3) is 0.294. The maximum absolute atomic E-state index is 12.1. The van der Waals surface area contributed by atoms with Crippen LogP contribution in [0.1, 0.15) is 16.7 Å². The van der Waals surface area contributed by atoms with Gasteiger partial charge < -0.3 is 4.74 Å². The Kier molecular flexibility index (Phi) is 5.57. The molecule has 0 fully saturated rings. The molecule has 22 heavy (non-hydrogen) atoms. The molecule has 0 aliphatic heterocycles. The molecule has 2 rings (SSSR count). The largest absolute Gasteiger partial charge is 0.497 e. The van der Waals surface area contributed by atoms with Crippen molar-refractivity contribution in [1.82, 2.24) is 4.72 Å². The van der Waals surface area contributed by atoms with Crippen molar-refractivity contribution in [3.05, 3.63) is 65.2 Å². The van der Waals surface area contributed by atoms with Gasteiger partial charge in [-0.05, 0) is 36.6 Å². The number of nitrogens with one attached hydrogen (secondary N) is 1. The lowest BCUT2D eigenvalue weighted by Gasteiger charge is -2.08. The second kappa shape index (κ2) is 7.42. The molecule has 2 aromatic rings. The zero-order valence-corrected chi connectivity index (χ0v) is 13.7. The molecule has 118 valence electrons. The molecule has 0 amide bonds. The van der Waals surface area contributed by atoms with Crippen LogP contribution < -0.4 is 9.46 Å². The van der Waals surface area contributed by atoms with Crippen molar-refractivity contribution in [2.24, 2.45) is 0 Å². The molecule has 2 aromatic carbocycles. The second-order valence-electron chi connectivity index (χ2n) is 5.24. The first-order valence-corrected chi connectivity index (χ1v) is 8.79. The van der Waals surface area contributed by atoms with Crippen LogP contribution in [0.4, 0.5) is 0 Å². The molecule has 0 radical (unpaired) electrons. The third kappa shape index (κ3) is 5.16. The van der Waals surface area contributed by atoms with Gasteiger partial charge in [0, 0.05) is 6.54 Å². The van der Waals surface area contributed by atoms with Gasteiger partial charge in [0.15, 0.2) is 0 Å². The van der Waals surface area contributed by atoms with Crippen LogP contribution in [0.2, 0.25) is 0 Å². The summed E-state index contributed by atoms with van der Waals surface area (Å²) in [5.41, 5.74) is 2.95. The van der Waals surface area contributed by atoms with E-state index < -0.39 is 10.0 Å². The Labute approximate surface area is 132 Å². The first-order chi connectivity index (χ1) is 10.5. The predicted octanol–water partition coefficient (Wildman–Crippen LogP) is 2.67. The zero-order chi connectivity index (χ0) is 16.0. The summed E-state index contributed by atoms with van der Waals surface area (Å²) in [7, 11) is -1.70. The van der Waals surface area contributed by atoms with Crippen LogP contribution in [0.5, 0.6) is 5.75 Å². The van der Waals surface area contributed by atoms with Gasteiger partial charge in [0.1, 0.15) is 5.75 Å².